The first-order valence-corrected chi connectivity index (χ1v) is 6.89. The van der Waals surface area contributed by atoms with Crippen LogP contribution >= 0.6 is 0 Å². The van der Waals surface area contributed by atoms with Gasteiger partial charge in [-0.15, -0.1) is 0 Å². The number of anilines is 1. The van der Waals surface area contributed by atoms with Crippen molar-refractivity contribution in [2.24, 2.45) is 0 Å². The highest BCUT2D eigenvalue weighted by Gasteiger charge is 2.10. The van der Waals surface area contributed by atoms with Crippen LogP contribution in [0.25, 0.3) is 0 Å². The molecule has 2 heterocycles. The Hall–Kier alpha value is -1.85. The van der Waals surface area contributed by atoms with Crippen LogP contribution in [0.3, 0.4) is 0 Å². The quantitative estimate of drug-likeness (QED) is 0.884. The summed E-state index contributed by atoms with van der Waals surface area (Å²) in [5, 5.41) is 12.0. The summed E-state index contributed by atoms with van der Waals surface area (Å²) in [7, 11) is 0. The Balaban J connectivity index is 2.05. The second-order valence-corrected chi connectivity index (χ2v) is 5.26. The zero-order valence-corrected chi connectivity index (χ0v) is 12.5. The molecule has 0 saturated heterocycles. The largest absolute Gasteiger partial charge is 0.364 e. The third kappa shape index (κ3) is 3.00. The summed E-state index contributed by atoms with van der Waals surface area (Å²) in [6.45, 7) is 8.83. The third-order valence-corrected chi connectivity index (χ3v) is 3.34. The number of nitrogens with zero attached hydrogens (tertiary/aromatic N) is 4. The molecule has 0 saturated carbocycles. The number of alkyl halides is 1. The van der Waals surface area contributed by atoms with Gasteiger partial charge in [0.15, 0.2) is 5.82 Å². The zero-order chi connectivity index (χ0) is 14.7. The van der Waals surface area contributed by atoms with E-state index in [-0.39, 0.29) is 0 Å². The molecular formula is C14H22FN5. The van der Waals surface area contributed by atoms with Crippen molar-refractivity contribution in [3.05, 3.63) is 29.2 Å². The Bertz CT molecular complexity index is 570. The Morgan fingerprint density at radius 1 is 1.35 bits per heavy atom. The van der Waals surface area contributed by atoms with Crippen molar-refractivity contribution >= 4 is 5.82 Å². The van der Waals surface area contributed by atoms with Crippen molar-refractivity contribution in [2.45, 2.75) is 46.8 Å². The van der Waals surface area contributed by atoms with Gasteiger partial charge in [0.25, 0.3) is 0 Å². The molecule has 0 fully saturated rings. The maximum absolute atomic E-state index is 12.3. The number of hydrogen-bond donors (Lipinski definition) is 1. The summed E-state index contributed by atoms with van der Waals surface area (Å²) in [4.78, 5) is 0. The monoisotopic (exact) mass is 279 g/mol. The van der Waals surface area contributed by atoms with Gasteiger partial charge in [0, 0.05) is 35.6 Å². The molecule has 0 aromatic carbocycles. The van der Waals surface area contributed by atoms with E-state index in [1.54, 1.807) is 4.68 Å². The van der Waals surface area contributed by atoms with Crippen LogP contribution in [0.2, 0.25) is 0 Å². The molecule has 0 aliphatic rings. The van der Waals surface area contributed by atoms with Crippen LogP contribution in [0.15, 0.2) is 12.4 Å². The smallest absolute Gasteiger partial charge is 0.151 e. The Labute approximate surface area is 118 Å². The zero-order valence-electron chi connectivity index (χ0n) is 12.5. The normalized spacial score (nSPS) is 11.3. The first-order chi connectivity index (χ1) is 9.52. The van der Waals surface area contributed by atoms with Crippen LogP contribution in [0.1, 0.15) is 36.7 Å². The van der Waals surface area contributed by atoms with Gasteiger partial charge < -0.3 is 5.32 Å². The van der Waals surface area contributed by atoms with E-state index in [9.17, 15) is 4.39 Å². The molecule has 20 heavy (non-hydrogen) atoms. The maximum Gasteiger partial charge on any atom is 0.151 e. The van der Waals surface area contributed by atoms with Gasteiger partial charge in [-0.2, -0.15) is 10.2 Å². The van der Waals surface area contributed by atoms with Crippen molar-refractivity contribution in [1.29, 1.82) is 0 Å². The minimum Gasteiger partial charge on any atom is -0.364 e. The Kier molecular flexibility index (Phi) is 4.42. The molecule has 110 valence electrons. The van der Waals surface area contributed by atoms with E-state index in [1.807, 2.05) is 24.0 Å². The van der Waals surface area contributed by atoms with Gasteiger partial charge in [0.1, 0.15) is 6.67 Å². The molecule has 1 N–H and O–H groups in total. The summed E-state index contributed by atoms with van der Waals surface area (Å²) in [6, 6.07) is 0.356. The molecule has 0 unspecified atom stereocenters. The second-order valence-electron chi connectivity index (χ2n) is 5.26. The number of rotatable bonds is 6. The van der Waals surface area contributed by atoms with Crippen molar-refractivity contribution in [3.8, 4) is 0 Å². The molecule has 0 aliphatic heterocycles. The SMILES string of the molecule is Cc1cn(CCF)nc1NCc1cnn(C(C)C)c1C. The number of nitrogens with one attached hydrogen (secondary N) is 1. The summed E-state index contributed by atoms with van der Waals surface area (Å²) in [5.74, 6) is 0.801. The van der Waals surface area contributed by atoms with Crippen LogP contribution in [-0.2, 0) is 13.1 Å². The minimum atomic E-state index is -0.402. The molecule has 0 amide bonds. The van der Waals surface area contributed by atoms with Crippen molar-refractivity contribution in [2.75, 3.05) is 12.0 Å². The number of hydrogen-bond acceptors (Lipinski definition) is 3. The first-order valence-electron chi connectivity index (χ1n) is 6.89. The number of aromatic nitrogens is 4. The summed E-state index contributed by atoms with van der Waals surface area (Å²) < 4.78 is 15.9. The Morgan fingerprint density at radius 3 is 2.70 bits per heavy atom. The first kappa shape index (κ1) is 14.6. The standard InChI is InChI=1S/C14H22FN5/c1-10(2)20-12(4)13(8-17-20)7-16-14-11(3)9-19(18-14)6-5-15/h8-10H,5-7H2,1-4H3,(H,16,18). The molecule has 5 nitrogen and oxygen atoms in total. The van der Waals surface area contributed by atoms with Gasteiger partial charge >= 0.3 is 0 Å². The number of aryl methyl sites for hydroxylation is 2. The summed E-state index contributed by atoms with van der Waals surface area (Å²) in [5.41, 5.74) is 3.33. The average molecular weight is 279 g/mol. The summed E-state index contributed by atoms with van der Waals surface area (Å²) in [6.07, 6.45) is 3.74. The van der Waals surface area contributed by atoms with Crippen LogP contribution in [0.5, 0.6) is 0 Å². The average Bonchev–Trinajstić information content (AvgIpc) is 2.91. The minimum absolute atomic E-state index is 0.298. The maximum atomic E-state index is 12.3. The van der Waals surface area contributed by atoms with Gasteiger partial charge in [0.05, 0.1) is 12.7 Å². The van der Waals surface area contributed by atoms with Crippen LogP contribution in [0, 0.1) is 13.8 Å². The molecule has 0 aliphatic carbocycles. The lowest BCUT2D eigenvalue weighted by Gasteiger charge is -2.09. The van der Waals surface area contributed by atoms with Gasteiger partial charge in [0.2, 0.25) is 0 Å². The predicted molar refractivity (Wildman–Crippen MR) is 77.6 cm³/mol. The highest BCUT2D eigenvalue weighted by molar-refractivity contribution is 5.42. The fourth-order valence-corrected chi connectivity index (χ4v) is 2.23. The fourth-order valence-electron chi connectivity index (χ4n) is 2.23. The van der Waals surface area contributed by atoms with Crippen molar-refractivity contribution in [3.63, 3.8) is 0 Å². The van der Waals surface area contributed by atoms with E-state index in [0.717, 1.165) is 22.6 Å². The van der Waals surface area contributed by atoms with Crippen molar-refractivity contribution < 1.29 is 4.39 Å². The molecule has 0 atom stereocenters. The molecule has 0 spiro atoms. The lowest BCUT2D eigenvalue weighted by atomic mass is 10.2. The topological polar surface area (TPSA) is 47.7 Å². The molecule has 0 bridgehead atoms. The van der Waals surface area contributed by atoms with E-state index in [1.165, 1.54) is 0 Å². The van der Waals surface area contributed by atoms with Gasteiger partial charge in [-0.3, -0.25) is 9.36 Å². The van der Waals surface area contributed by atoms with Crippen molar-refractivity contribution in [1.82, 2.24) is 19.6 Å². The van der Waals surface area contributed by atoms with E-state index < -0.39 is 6.67 Å². The van der Waals surface area contributed by atoms with Crippen LogP contribution in [-0.4, -0.2) is 26.2 Å². The molecule has 2 aromatic rings. The molecule has 6 heteroatoms. The van der Waals surface area contributed by atoms with E-state index >= 15 is 0 Å². The lowest BCUT2D eigenvalue weighted by Crippen LogP contribution is -2.07. The van der Waals surface area contributed by atoms with E-state index in [2.05, 4.69) is 36.3 Å². The second kappa shape index (κ2) is 6.07. The van der Waals surface area contributed by atoms with Gasteiger partial charge in [-0.05, 0) is 27.7 Å². The number of halogens is 1. The highest BCUT2D eigenvalue weighted by Crippen LogP contribution is 2.16. The van der Waals surface area contributed by atoms with Gasteiger partial charge in [-0.1, -0.05) is 0 Å². The third-order valence-electron chi connectivity index (χ3n) is 3.34. The molecule has 2 rings (SSSR count). The Morgan fingerprint density at radius 2 is 2.10 bits per heavy atom. The summed E-state index contributed by atoms with van der Waals surface area (Å²) >= 11 is 0. The highest BCUT2D eigenvalue weighted by atomic mass is 19.1. The van der Waals surface area contributed by atoms with Crippen LogP contribution < -0.4 is 5.32 Å². The molecular weight excluding hydrogens is 257 g/mol. The van der Waals surface area contributed by atoms with E-state index in [0.29, 0.717) is 19.1 Å². The van der Waals surface area contributed by atoms with Crippen LogP contribution in [0.4, 0.5) is 10.2 Å². The predicted octanol–water partition coefficient (Wildman–Crippen LogP) is 2.86. The molecule has 0 radical (unpaired) electrons. The fraction of sp³-hybridized carbons (Fsp3) is 0.571. The lowest BCUT2D eigenvalue weighted by molar-refractivity contribution is 0.427. The molecule has 2 aromatic heterocycles. The van der Waals surface area contributed by atoms with Gasteiger partial charge in [-0.25, -0.2) is 4.39 Å². The van der Waals surface area contributed by atoms with E-state index in [4.69, 9.17) is 0 Å².